The van der Waals surface area contributed by atoms with Gasteiger partial charge in [-0.2, -0.15) is 10.2 Å². The Hall–Kier alpha value is -4.38. The van der Waals surface area contributed by atoms with Gasteiger partial charge in [-0.05, 0) is 29.3 Å². The summed E-state index contributed by atoms with van der Waals surface area (Å²) in [5.41, 5.74) is 4.86. The van der Waals surface area contributed by atoms with E-state index in [1.165, 1.54) is 12.1 Å². The first kappa shape index (κ1) is 24.0. The van der Waals surface area contributed by atoms with Crippen molar-refractivity contribution >= 4 is 17.3 Å². The van der Waals surface area contributed by atoms with Crippen LogP contribution < -0.4 is 9.80 Å². The average molecular weight is 514 g/mol. The van der Waals surface area contributed by atoms with Gasteiger partial charge >= 0.3 is 0 Å². The lowest BCUT2D eigenvalue weighted by molar-refractivity contribution is 0.252. The second-order valence-corrected chi connectivity index (χ2v) is 9.61. The van der Waals surface area contributed by atoms with Crippen molar-refractivity contribution in [3.63, 3.8) is 0 Å². The highest BCUT2D eigenvalue weighted by atomic mass is 19.1. The van der Waals surface area contributed by atoms with Gasteiger partial charge in [0.25, 0.3) is 0 Å². The SMILES string of the molecule is CC(c1ccc(F)cc1)c1cnc(N2CCN(c3ncnn4cc(-c5cnn(C)c5)cc34)CC2CO)nc1. The molecule has 5 aromatic rings. The number of aliphatic hydroxyl groups is 1. The van der Waals surface area contributed by atoms with Crippen molar-refractivity contribution in [2.75, 3.05) is 36.0 Å². The molecule has 2 atom stereocenters. The molecule has 6 rings (SSSR count). The summed E-state index contributed by atoms with van der Waals surface area (Å²) in [7, 11) is 1.89. The maximum Gasteiger partial charge on any atom is 0.225 e. The molecule has 0 bridgehead atoms. The second kappa shape index (κ2) is 9.82. The smallest absolute Gasteiger partial charge is 0.225 e. The van der Waals surface area contributed by atoms with E-state index in [2.05, 4.69) is 36.1 Å². The molecule has 1 N–H and O–H groups in total. The van der Waals surface area contributed by atoms with Crippen LogP contribution >= 0.6 is 0 Å². The van der Waals surface area contributed by atoms with Crippen LogP contribution in [0.1, 0.15) is 24.0 Å². The maximum absolute atomic E-state index is 13.3. The van der Waals surface area contributed by atoms with Crippen LogP contribution in [0.5, 0.6) is 0 Å². The van der Waals surface area contributed by atoms with Crippen LogP contribution in [0.25, 0.3) is 16.6 Å². The lowest BCUT2D eigenvalue weighted by atomic mass is 9.95. The molecule has 0 aliphatic carbocycles. The van der Waals surface area contributed by atoms with E-state index < -0.39 is 0 Å². The van der Waals surface area contributed by atoms with E-state index in [4.69, 9.17) is 0 Å². The molecule has 10 nitrogen and oxygen atoms in total. The van der Waals surface area contributed by atoms with Gasteiger partial charge in [-0.25, -0.2) is 23.9 Å². The molecule has 1 aromatic carbocycles. The fraction of sp³-hybridized carbons (Fsp3) is 0.296. The normalized spacial score (nSPS) is 16.8. The van der Waals surface area contributed by atoms with Crippen LogP contribution in [0.4, 0.5) is 16.2 Å². The molecular formula is C27H28FN9O. The zero-order chi connectivity index (χ0) is 26.2. The molecule has 0 radical (unpaired) electrons. The van der Waals surface area contributed by atoms with Crippen molar-refractivity contribution in [1.82, 2.24) is 34.3 Å². The minimum atomic E-state index is -0.254. The Kier molecular flexibility index (Phi) is 6.20. The standard InChI is InChI=1S/C27H28FN9O/c1-18(19-3-5-23(28)6-4-19)21-10-29-27(30-11-21)36-8-7-35(15-24(36)16-38)26-25-9-20(14-37(25)33-17-31-26)22-12-32-34(2)13-22/h3-6,9-14,17-18,24,38H,7-8,15-16H2,1-2H3. The van der Waals surface area contributed by atoms with Gasteiger partial charge in [0.1, 0.15) is 17.7 Å². The van der Waals surface area contributed by atoms with Crippen LogP contribution in [0.3, 0.4) is 0 Å². The van der Waals surface area contributed by atoms with E-state index in [0.29, 0.717) is 25.6 Å². The van der Waals surface area contributed by atoms with Crippen molar-refractivity contribution in [3.05, 3.63) is 84.6 Å². The monoisotopic (exact) mass is 513 g/mol. The Morgan fingerprint density at radius 2 is 1.76 bits per heavy atom. The van der Waals surface area contributed by atoms with Gasteiger partial charge in [0.05, 0.1) is 18.8 Å². The van der Waals surface area contributed by atoms with Crippen molar-refractivity contribution < 1.29 is 9.50 Å². The largest absolute Gasteiger partial charge is 0.394 e. The molecule has 1 aliphatic heterocycles. The van der Waals surface area contributed by atoms with Gasteiger partial charge < -0.3 is 14.9 Å². The number of aryl methyl sites for hydroxylation is 1. The minimum Gasteiger partial charge on any atom is -0.394 e. The first-order chi connectivity index (χ1) is 18.5. The lowest BCUT2D eigenvalue weighted by Crippen LogP contribution is -2.55. The van der Waals surface area contributed by atoms with Gasteiger partial charge in [-0.1, -0.05) is 19.1 Å². The number of fused-ring (bicyclic) bond motifs is 1. The summed E-state index contributed by atoms with van der Waals surface area (Å²) in [5, 5.41) is 18.9. The minimum absolute atomic E-state index is 0.0360. The summed E-state index contributed by atoms with van der Waals surface area (Å²) >= 11 is 0. The van der Waals surface area contributed by atoms with Crippen LogP contribution in [-0.2, 0) is 7.05 Å². The van der Waals surface area contributed by atoms with Gasteiger partial charge in [0.2, 0.25) is 5.95 Å². The molecule has 194 valence electrons. The van der Waals surface area contributed by atoms with Crippen molar-refractivity contribution in [2.45, 2.75) is 18.9 Å². The molecule has 0 spiro atoms. The number of hydrogen-bond donors (Lipinski definition) is 1. The zero-order valence-corrected chi connectivity index (χ0v) is 21.2. The van der Waals surface area contributed by atoms with E-state index in [0.717, 1.165) is 33.6 Å². The molecule has 38 heavy (non-hydrogen) atoms. The fourth-order valence-corrected chi connectivity index (χ4v) is 5.00. The number of rotatable bonds is 6. The highest BCUT2D eigenvalue weighted by molar-refractivity contribution is 5.77. The molecule has 4 aromatic heterocycles. The number of anilines is 2. The second-order valence-electron chi connectivity index (χ2n) is 9.61. The van der Waals surface area contributed by atoms with Crippen molar-refractivity contribution in [2.24, 2.45) is 7.05 Å². The van der Waals surface area contributed by atoms with Gasteiger partial charge in [-0.3, -0.25) is 4.68 Å². The lowest BCUT2D eigenvalue weighted by Gasteiger charge is -2.41. The Morgan fingerprint density at radius 1 is 0.974 bits per heavy atom. The molecule has 5 heterocycles. The Labute approximate surface area is 219 Å². The van der Waals surface area contributed by atoms with Gasteiger partial charge in [-0.15, -0.1) is 0 Å². The van der Waals surface area contributed by atoms with Crippen LogP contribution in [-0.4, -0.2) is 71.7 Å². The Balaban J connectivity index is 1.21. The Morgan fingerprint density at radius 3 is 2.47 bits per heavy atom. The van der Waals surface area contributed by atoms with Crippen LogP contribution in [0, 0.1) is 5.82 Å². The van der Waals surface area contributed by atoms with Gasteiger partial charge in [0, 0.05) is 68.5 Å². The predicted octanol–water partition coefficient (Wildman–Crippen LogP) is 2.90. The topological polar surface area (TPSA) is 100 Å². The number of nitrogens with zero attached hydrogens (tertiary/aromatic N) is 9. The molecule has 1 aliphatic rings. The summed E-state index contributed by atoms with van der Waals surface area (Å²) in [6.07, 6.45) is 10.9. The number of aliphatic hydroxyl groups excluding tert-OH is 1. The molecular weight excluding hydrogens is 485 g/mol. The van der Waals surface area contributed by atoms with Crippen LogP contribution in [0.2, 0.25) is 0 Å². The van der Waals surface area contributed by atoms with E-state index in [1.54, 1.807) is 23.1 Å². The third kappa shape index (κ3) is 4.45. The van der Waals surface area contributed by atoms with Crippen molar-refractivity contribution in [1.29, 1.82) is 0 Å². The van der Waals surface area contributed by atoms with Crippen molar-refractivity contribution in [3.8, 4) is 11.1 Å². The van der Waals surface area contributed by atoms with E-state index in [9.17, 15) is 9.50 Å². The summed E-state index contributed by atoms with van der Waals surface area (Å²) in [5.74, 6) is 1.18. The summed E-state index contributed by atoms with van der Waals surface area (Å²) in [6, 6.07) is 8.35. The summed E-state index contributed by atoms with van der Waals surface area (Å²) < 4.78 is 16.9. The Bertz CT molecular complexity index is 1550. The average Bonchev–Trinajstić information content (AvgIpc) is 3.59. The molecule has 1 fully saturated rings. The van der Waals surface area contributed by atoms with Crippen LogP contribution in [0.15, 0.2) is 67.6 Å². The number of benzene rings is 1. The summed E-state index contributed by atoms with van der Waals surface area (Å²) in [4.78, 5) is 18.1. The zero-order valence-electron chi connectivity index (χ0n) is 21.2. The van der Waals surface area contributed by atoms with E-state index in [1.807, 2.05) is 54.4 Å². The predicted molar refractivity (Wildman–Crippen MR) is 142 cm³/mol. The molecule has 0 amide bonds. The number of halogens is 1. The highest BCUT2D eigenvalue weighted by Gasteiger charge is 2.30. The van der Waals surface area contributed by atoms with Gasteiger partial charge in [0.15, 0.2) is 5.82 Å². The third-order valence-corrected chi connectivity index (χ3v) is 7.20. The number of hydrogen-bond acceptors (Lipinski definition) is 8. The molecule has 2 unspecified atom stereocenters. The summed E-state index contributed by atoms with van der Waals surface area (Å²) in [6.45, 7) is 3.88. The molecule has 1 saturated heterocycles. The fourth-order valence-electron chi connectivity index (χ4n) is 5.00. The first-order valence-corrected chi connectivity index (χ1v) is 12.5. The molecule has 0 saturated carbocycles. The third-order valence-electron chi connectivity index (χ3n) is 7.20. The van der Waals surface area contributed by atoms with E-state index in [-0.39, 0.29) is 24.4 Å². The quantitative estimate of drug-likeness (QED) is 0.370. The number of aromatic nitrogens is 7. The maximum atomic E-state index is 13.3. The highest BCUT2D eigenvalue weighted by Crippen LogP contribution is 2.29. The number of piperazine rings is 1. The van der Waals surface area contributed by atoms with E-state index >= 15 is 0 Å². The first-order valence-electron chi connectivity index (χ1n) is 12.5. The molecule has 11 heteroatoms.